The van der Waals surface area contributed by atoms with Crippen LogP contribution >= 0.6 is 0 Å². The van der Waals surface area contributed by atoms with Crippen molar-refractivity contribution in [1.82, 2.24) is 14.7 Å². The van der Waals surface area contributed by atoms with Crippen molar-refractivity contribution in [3.8, 4) is 12.1 Å². The van der Waals surface area contributed by atoms with Crippen molar-refractivity contribution < 1.29 is 4.79 Å². The van der Waals surface area contributed by atoms with Gasteiger partial charge in [-0.25, -0.2) is 0 Å². The summed E-state index contributed by atoms with van der Waals surface area (Å²) in [6, 6.07) is 19.0. The Hall–Kier alpha value is -3.81. The van der Waals surface area contributed by atoms with Gasteiger partial charge in [-0.3, -0.25) is 9.69 Å². The number of allylic oxidation sites excluding steroid dienone is 1. The molecule has 0 atom stereocenters. The zero-order valence-electron chi connectivity index (χ0n) is 24.3. The summed E-state index contributed by atoms with van der Waals surface area (Å²) in [4.78, 5) is 22.1. The number of nitrogens with zero attached hydrogens (tertiary/aromatic N) is 6. The lowest BCUT2D eigenvalue weighted by Gasteiger charge is -2.28. The van der Waals surface area contributed by atoms with Gasteiger partial charge in [0.2, 0.25) is 5.91 Å². The van der Waals surface area contributed by atoms with Gasteiger partial charge in [-0.15, -0.1) is 0 Å². The average Bonchev–Trinajstić information content (AvgIpc) is 3.33. The Labute approximate surface area is 239 Å². The second kappa shape index (κ2) is 14.0. The van der Waals surface area contributed by atoms with E-state index in [0.717, 1.165) is 37.3 Å². The molecule has 0 N–H and O–H groups in total. The molecule has 0 aliphatic carbocycles. The summed E-state index contributed by atoms with van der Waals surface area (Å²) in [6.07, 6.45) is 5.02. The van der Waals surface area contributed by atoms with Crippen LogP contribution in [0.15, 0.2) is 53.9 Å². The van der Waals surface area contributed by atoms with E-state index < -0.39 is 0 Å². The summed E-state index contributed by atoms with van der Waals surface area (Å²) in [5.41, 5.74) is 5.84. The van der Waals surface area contributed by atoms with Gasteiger partial charge in [-0.2, -0.15) is 10.5 Å². The molecule has 2 saturated heterocycles. The van der Waals surface area contributed by atoms with Crippen LogP contribution in [0.3, 0.4) is 0 Å². The molecular weight excluding hydrogens is 496 g/mol. The Morgan fingerprint density at radius 1 is 0.875 bits per heavy atom. The van der Waals surface area contributed by atoms with Gasteiger partial charge in [0.25, 0.3) is 0 Å². The number of aryl methyl sites for hydroxylation is 2. The Kier molecular flexibility index (Phi) is 10.2. The van der Waals surface area contributed by atoms with Gasteiger partial charge in [0.15, 0.2) is 5.57 Å². The van der Waals surface area contributed by atoms with Crippen molar-refractivity contribution in [3.05, 3.63) is 76.1 Å². The Morgan fingerprint density at radius 3 is 2.25 bits per heavy atom. The third-order valence-corrected chi connectivity index (χ3v) is 7.76. The standard InChI is InChI=1S/C33H42N6O/c1-4-12-39(31-10-8-9-28(21-31)24-36-13-6-5-7-14-36)32(40)11-15-37-16-17-38(33(37)30(22-34)23-35)25-29-19-26(2)18-27(3)20-29/h8-10,18-21H,4-7,11-17,24-25H2,1-3H3. The highest BCUT2D eigenvalue weighted by Crippen LogP contribution is 2.26. The summed E-state index contributed by atoms with van der Waals surface area (Å²) in [5, 5.41) is 19.5. The molecule has 2 aromatic carbocycles. The van der Waals surface area contributed by atoms with Crippen molar-refractivity contribution >= 4 is 11.6 Å². The molecule has 40 heavy (non-hydrogen) atoms. The van der Waals surface area contributed by atoms with Crippen LogP contribution in [-0.2, 0) is 17.9 Å². The van der Waals surface area contributed by atoms with Crippen LogP contribution in [0.2, 0.25) is 0 Å². The van der Waals surface area contributed by atoms with Gasteiger partial charge in [-0.05, 0) is 69.5 Å². The largest absolute Gasteiger partial charge is 0.354 e. The summed E-state index contributed by atoms with van der Waals surface area (Å²) in [5.74, 6) is 0.710. The normalized spacial score (nSPS) is 15.6. The molecular formula is C33H42N6O. The lowest BCUT2D eigenvalue weighted by Crippen LogP contribution is -2.35. The molecule has 2 aliphatic rings. The van der Waals surface area contributed by atoms with Crippen LogP contribution in [0.4, 0.5) is 5.69 Å². The predicted molar refractivity (Wildman–Crippen MR) is 159 cm³/mol. The molecule has 2 aliphatic heterocycles. The molecule has 2 heterocycles. The van der Waals surface area contributed by atoms with Crippen molar-refractivity contribution in [3.63, 3.8) is 0 Å². The van der Waals surface area contributed by atoms with E-state index in [-0.39, 0.29) is 11.5 Å². The molecule has 0 bridgehead atoms. The maximum absolute atomic E-state index is 13.6. The number of amides is 1. The molecule has 2 fully saturated rings. The number of hydrogen-bond donors (Lipinski definition) is 0. The number of anilines is 1. The number of carbonyl (C=O) groups is 1. The van der Waals surface area contributed by atoms with Gasteiger partial charge < -0.3 is 14.7 Å². The SMILES string of the molecule is CCCN(C(=O)CCN1CCN(Cc2cc(C)cc(C)c2)C1=C(C#N)C#N)c1cccc(CN2CCCCC2)c1. The number of benzene rings is 2. The number of likely N-dealkylation sites (tertiary alicyclic amines) is 1. The van der Waals surface area contributed by atoms with E-state index in [0.29, 0.717) is 45.0 Å². The topological polar surface area (TPSA) is 77.6 Å². The highest BCUT2D eigenvalue weighted by atomic mass is 16.2. The van der Waals surface area contributed by atoms with Gasteiger partial charge in [0, 0.05) is 51.4 Å². The monoisotopic (exact) mass is 538 g/mol. The third kappa shape index (κ3) is 7.43. The number of hydrogen-bond acceptors (Lipinski definition) is 6. The molecule has 0 aromatic heterocycles. The molecule has 210 valence electrons. The first-order chi connectivity index (χ1) is 19.4. The number of piperidine rings is 1. The van der Waals surface area contributed by atoms with Crippen molar-refractivity contribution in [2.24, 2.45) is 0 Å². The van der Waals surface area contributed by atoms with Crippen LogP contribution in [0.5, 0.6) is 0 Å². The second-order valence-corrected chi connectivity index (χ2v) is 11.1. The zero-order valence-corrected chi connectivity index (χ0v) is 24.3. The molecule has 0 spiro atoms. The molecule has 0 saturated carbocycles. The van der Waals surface area contributed by atoms with Crippen LogP contribution in [0.25, 0.3) is 0 Å². The zero-order chi connectivity index (χ0) is 28.5. The van der Waals surface area contributed by atoms with Crippen LogP contribution in [0, 0.1) is 36.5 Å². The minimum Gasteiger partial charge on any atom is -0.354 e. The molecule has 0 unspecified atom stereocenters. The fourth-order valence-corrected chi connectivity index (χ4v) is 6.03. The quantitative estimate of drug-likeness (QED) is 0.372. The van der Waals surface area contributed by atoms with Gasteiger partial charge in [-0.1, -0.05) is 54.8 Å². The molecule has 0 radical (unpaired) electrons. The van der Waals surface area contributed by atoms with Crippen molar-refractivity contribution in [1.29, 1.82) is 10.5 Å². The third-order valence-electron chi connectivity index (χ3n) is 7.76. The first kappa shape index (κ1) is 29.2. The average molecular weight is 539 g/mol. The Bertz CT molecular complexity index is 1260. The summed E-state index contributed by atoms with van der Waals surface area (Å²) in [7, 11) is 0. The van der Waals surface area contributed by atoms with Crippen LogP contribution in [0.1, 0.15) is 61.3 Å². The Balaban J connectivity index is 1.46. The second-order valence-electron chi connectivity index (χ2n) is 11.1. The van der Waals surface area contributed by atoms with Gasteiger partial charge >= 0.3 is 0 Å². The smallest absolute Gasteiger partial charge is 0.228 e. The van der Waals surface area contributed by atoms with E-state index in [1.54, 1.807) is 0 Å². The van der Waals surface area contributed by atoms with E-state index in [2.05, 4.69) is 79.1 Å². The molecule has 7 heteroatoms. The number of carbonyl (C=O) groups excluding carboxylic acids is 1. The first-order valence-corrected chi connectivity index (χ1v) is 14.6. The Morgan fingerprint density at radius 2 is 1.57 bits per heavy atom. The minimum atomic E-state index is 0.0690. The minimum absolute atomic E-state index is 0.0690. The van der Waals surface area contributed by atoms with Gasteiger partial charge in [0.05, 0.1) is 0 Å². The summed E-state index contributed by atoms with van der Waals surface area (Å²) >= 11 is 0. The maximum Gasteiger partial charge on any atom is 0.228 e. The summed E-state index contributed by atoms with van der Waals surface area (Å²) < 4.78 is 0. The lowest BCUT2D eigenvalue weighted by molar-refractivity contribution is -0.118. The van der Waals surface area contributed by atoms with E-state index >= 15 is 0 Å². The predicted octanol–water partition coefficient (Wildman–Crippen LogP) is 5.50. The highest BCUT2D eigenvalue weighted by molar-refractivity contribution is 5.93. The number of nitriles is 2. The summed E-state index contributed by atoms with van der Waals surface area (Å²) in [6.45, 7) is 12.6. The van der Waals surface area contributed by atoms with Gasteiger partial charge in [0.1, 0.15) is 18.0 Å². The van der Waals surface area contributed by atoms with E-state index in [4.69, 9.17) is 0 Å². The van der Waals surface area contributed by atoms with Crippen molar-refractivity contribution in [2.45, 2.75) is 66.0 Å². The fraction of sp³-hybridized carbons (Fsp3) is 0.485. The number of rotatable bonds is 10. The van der Waals surface area contributed by atoms with E-state index in [1.165, 1.54) is 36.0 Å². The van der Waals surface area contributed by atoms with Crippen LogP contribution in [-0.4, -0.2) is 59.9 Å². The molecule has 7 nitrogen and oxygen atoms in total. The lowest BCUT2D eigenvalue weighted by atomic mass is 10.1. The maximum atomic E-state index is 13.6. The van der Waals surface area contributed by atoms with E-state index in [1.807, 2.05) is 15.9 Å². The van der Waals surface area contributed by atoms with Crippen LogP contribution < -0.4 is 4.90 Å². The molecule has 2 aromatic rings. The first-order valence-electron chi connectivity index (χ1n) is 14.6. The van der Waals surface area contributed by atoms with Crippen molar-refractivity contribution in [2.75, 3.05) is 44.2 Å². The van der Waals surface area contributed by atoms with E-state index in [9.17, 15) is 15.3 Å². The molecule has 4 rings (SSSR count). The molecule has 1 amide bonds. The fourth-order valence-electron chi connectivity index (χ4n) is 6.03. The highest BCUT2D eigenvalue weighted by Gasteiger charge is 2.29.